The van der Waals surface area contributed by atoms with E-state index in [4.69, 9.17) is 4.74 Å². The average Bonchev–Trinajstić information content (AvgIpc) is 2.87. The number of ketones is 1. The SMILES string of the molecule is O=C(c1ccccn1)C1CCOC2(CCSC2)C1. The van der Waals surface area contributed by atoms with Gasteiger partial charge in [0.15, 0.2) is 5.78 Å². The molecule has 2 saturated heterocycles. The summed E-state index contributed by atoms with van der Waals surface area (Å²) in [5.74, 6) is 2.48. The van der Waals surface area contributed by atoms with Crippen molar-refractivity contribution >= 4 is 17.5 Å². The Morgan fingerprint density at radius 3 is 3.17 bits per heavy atom. The molecule has 3 heterocycles. The zero-order valence-electron chi connectivity index (χ0n) is 10.3. The summed E-state index contributed by atoms with van der Waals surface area (Å²) in [5.41, 5.74) is 0.572. The van der Waals surface area contributed by atoms with Crippen LogP contribution in [-0.2, 0) is 4.74 Å². The topological polar surface area (TPSA) is 39.2 Å². The maximum Gasteiger partial charge on any atom is 0.184 e. The number of carbonyl (C=O) groups excluding carboxylic acids is 1. The van der Waals surface area contributed by atoms with Gasteiger partial charge in [0, 0.05) is 24.5 Å². The van der Waals surface area contributed by atoms with Crippen LogP contribution in [0.3, 0.4) is 0 Å². The van der Waals surface area contributed by atoms with Crippen LogP contribution in [0.1, 0.15) is 29.8 Å². The fourth-order valence-corrected chi connectivity index (χ4v) is 4.21. The molecule has 2 fully saturated rings. The first kappa shape index (κ1) is 12.2. The highest BCUT2D eigenvalue weighted by Crippen LogP contribution is 2.41. The number of aromatic nitrogens is 1. The van der Waals surface area contributed by atoms with Crippen LogP contribution in [-0.4, -0.2) is 34.5 Å². The molecule has 3 nitrogen and oxygen atoms in total. The van der Waals surface area contributed by atoms with Crippen LogP contribution < -0.4 is 0 Å². The largest absolute Gasteiger partial charge is 0.374 e. The van der Waals surface area contributed by atoms with Crippen LogP contribution in [0.2, 0.25) is 0 Å². The lowest BCUT2D eigenvalue weighted by Gasteiger charge is -2.37. The van der Waals surface area contributed by atoms with E-state index in [0.29, 0.717) is 12.3 Å². The molecule has 1 aromatic rings. The highest BCUT2D eigenvalue weighted by Gasteiger charge is 2.42. The maximum absolute atomic E-state index is 12.4. The number of hydrogen-bond donors (Lipinski definition) is 0. The summed E-state index contributed by atoms with van der Waals surface area (Å²) in [7, 11) is 0. The molecule has 18 heavy (non-hydrogen) atoms. The van der Waals surface area contributed by atoms with Gasteiger partial charge in [0.05, 0.1) is 5.60 Å². The number of nitrogens with zero attached hydrogens (tertiary/aromatic N) is 1. The zero-order chi connectivity index (χ0) is 12.4. The van der Waals surface area contributed by atoms with Crippen LogP contribution in [0, 0.1) is 5.92 Å². The van der Waals surface area contributed by atoms with Crippen molar-refractivity contribution < 1.29 is 9.53 Å². The molecule has 4 heteroatoms. The van der Waals surface area contributed by atoms with Crippen LogP contribution in [0.4, 0.5) is 0 Å². The molecule has 0 N–H and O–H groups in total. The fourth-order valence-electron chi connectivity index (χ4n) is 2.83. The number of pyridine rings is 1. The Morgan fingerprint density at radius 2 is 2.44 bits per heavy atom. The van der Waals surface area contributed by atoms with Gasteiger partial charge in [-0.3, -0.25) is 9.78 Å². The lowest BCUT2D eigenvalue weighted by atomic mass is 9.82. The Morgan fingerprint density at radius 1 is 1.50 bits per heavy atom. The van der Waals surface area contributed by atoms with E-state index in [-0.39, 0.29) is 17.3 Å². The van der Waals surface area contributed by atoms with Crippen LogP contribution in [0.15, 0.2) is 24.4 Å². The van der Waals surface area contributed by atoms with E-state index in [1.165, 1.54) is 0 Å². The second kappa shape index (κ2) is 5.02. The standard InChI is InChI=1S/C14H17NO2S/c16-13(12-3-1-2-6-15-12)11-4-7-17-14(9-11)5-8-18-10-14/h1-3,6,11H,4-5,7-10H2. The van der Waals surface area contributed by atoms with E-state index in [1.807, 2.05) is 30.0 Å². The van der Waals surface area contributed by atoms with Gasteiger partial charge in [-0.05, 0) is 37.1 Å². The Labute approximate surface area is 111 Å². The van der Waals surface area contributed by atoms with Gasteiger partial charge < -0.3 is 4.74 Å². The summed E-state index contributed by atoms with van der Waals surface area (Å²) in [4.78, 5) is 16.6. The van der Waals surface area contributed by atoms with Gasteiger partial charge in [0.2, 0.25) is 0 Å². The first-order chi connectivity index (χ1) is 8.79. The van der Waals surface area contributed by atoms with Crippen molar-refractivity contribution in [3.8, 4) is 0 Å². The van der Waals surface area contributed by atoms with E-state index in [2.05, 4.69) is 4.98 Å². The predicted molar refractivity (Wildman–Crippen MR) is 71.9 cm³/mol. The summed E-state index contributed by atoms with van der Waals surface area (Å²) in [6.45, 7) is 0.712. The summed E-state index contributed by atoms with van der Waals surface area (Å²) in [6.07, 6.45) is 4.48. The van der Waals surface area contributed by atoms with E-state index < -0.39 is 0 Å². The molecule has 3 rings (SSSR count). The number of carbonyl (C=O) groups is 1. The molecule has 2 aliphatic rings. The van der Waals surface area contributed by atoms with Crippen LogP contribution in [0.5, 0.6) is 0 Å². The third-order valence-corrected chi connectivity index (χ3v) is 5.07. The first-order valence-corrected chi connectivity index (χ1v) is 7.62. The molecule has 0 amide bonds. The Kier molecular flexibility index (Phi) is 3.39. The number of ether oxygens (including phenoxy) is 1. The number of thioether (sulfide) groups is 1. The van der Waals surface area contributed by atoms with Crippen LogP contribution in [0.25, 0.3) is 0 Å². The molecule has 0 saturated carbocycles. The highest BCUT2D eigenvalue weighted by molar-refractivity contribution is 7.99. The third kappa shape index (κ3) is 2.31. The van der Waals surface area contributed by atoms with Gasteiger partial charge in [0.25, 0.3) is 0 Å². The molecule has 0 aromatic carbocycles. The summed E-state index contributed by atoms with van der Waals surface area (Å²) in [5, 5.41) is 0. The molecule has 0 aliphatic carbocycles. The molecule has 2 unspecified atom stereocenters. The predicted octanol–water partition coefficient (Wildman–Crippen LogP) is 2.57. The normalized spacial score (nSPS) is 31.7. The second-order valence-electron chi connectivity index (χ2n) is 5.10. The molecular formula is C14H17NO2S. The van der Waals surface area contributed by atoms with Crippen molar-refractivity contribution in [3.05, 3.63) is 30.1 Å². The van der Waals surface area contributed by atoms with Gasteiger partial charge in [0.1, 0.15) is 5.69 Å². The van der Waals surface area contributed by atoms with Gasteiger partial charge in [-0.25, -0.2) is 0 Å². The van der Waals surface area contributed by atoms with Gasteiger partial charge in [-0.2, -0.15) is 11.8 Å². The monoisotopic (exact) mass is 263 g/mol. The highest BCUT2D eigenvalue weighted by atomic mass is 32.2. The van der Waals surface area contributed by atoms with E-state index in [9.17, 15) is 4.79 Å². The molecule has 2 atom stereocenters. The number of hydrogen-bond acceptors (Lipinski definition) is 4. The van der Waals surface area contributed by atoms with E-state index in [1.54, 1.807) is 6.20 Å². The van der Waals surface area contributed by atoms with Crippen molar-refractivity contribution in [1.82, 2.24) is 4.98 Å². The number of rotatable bonds is 2. The molecule has 0 bridgehead atoms. The lowest BCUT2D eigenvalue weighted by Crippen LogP contribution is -2.42. The molecule has 2 aliphatic heterocycles. The summed E-state index contributed by atoms with van der Waals surface area (Å²) in [6, 6.07) is 5.53. The van der Waals surface area contributed by atoms with Crippen molar-refractivity contribution in [2.24, 2.45) is 5.92 Å². The summed E-state index contributed by atoms with van der Waals surface area (Å²) < 4.78 is 5.95. The molecule has 1 spiro atoms. The quantitative estimate of drug-likeness (QED) is 0.769. The second-order valence-corrected chi connectivity index (χ2v) is 6.21. The molecular weight excluding hydrogens is 246 g/mol. The van der Waals surface area contributed by atoms with E-state index in [0.717, 1.165) is 30.8 Å². The minimum atomic E-state index is -0.0297. The smallest absolute Gasteiger partial charge is 0.184 e. The Hall–Kier alpha value is -0.870. The van der Waals surface area contributed by atoms with Crippen LogP contribution >= 0.6 is 11.8 Å². The number of Topliss-reactive ketones (excluding diaryl/α,β-unsaturated/α-hetero) is 1. The zero-order valence-corrected chi connectivity index (χ0v) is 11.1. The van der Waals surface area contributed by atoms with Crippen molar-refractivity contribution in [2.75, 3.05) is 18.1 Å². The minimum Gasteiger partial charge on any atom is -0.374 e. The van der Waals surface area contributed by atoms with Crippen molar-refractivity contribution in [2.45, 2.75) is 24.9 Å². The van der Waals surface area contributed by atoms with Gasteiger partial charge in [-0.1, -0.05) is 6.07 Å². The fraction of sp³-hybridized carbons (Fsp3) is 0.571. The minimum absolute atomic E-state index is 0.0297. The molecule has 96 valence electrons. The van der Waals surface area contributed by atoms with Crippen molar-refractivity contribution in [3.63, 3.8) is 0 Å². The van der Waals surface area contributed by atoms with Crippen molar-refractivity contribution in [1.29, 1.82) is 0 Å². The average molecular weight is 263 g/mol. The maximum atomic E-state index is 12.4. The Bertz CT molecular complexity index is 429. The Balaban J connectivity index is 1.74. The molecule has 0 radical (unpaired) electrons. The van der Waals surface area contributed by atoms with Gasteiger partial charge in [-0.15, -0.1) is 0 Å². The van der Waals surface area contributed by atoms with Gasteiger partial charge >= 0.3 is 0 Å². The van der Waals surface area contributed by atoms with E-state index >= 15 is 0 Å². The summed E-state index contributed by atoms with van der Waals surface area (Å²) >= 11 is 1.94. The first-order valence-electron chi connectivity index (χ1n) is 6.46. The lowest BCUT2D eigenvalue weighted by molar-refractivity contribution is -0.0735. The molecule has 1 aromatic heterocycles. The third-order valence-electron chi connectivity index (χ3n) is 3.85.